The molecule has 1 atom stereocenters. The van der Waals surface area contributed by atoms with Crippen molar-refractivity contribution in [1.29, 1.82) is 0 Å². The first-order valence-electron chi connectivity index (χ1n) is 8.18. The van der Waals surface area contributed by atoms with Gasteiger partial charge in [-0.2, -0.15) is 13.2 Å². The summed E-state index contributed by atoms with van der Waals surface area (Å²) in [6.45, 7) is 2.73. The number of alkyl halides is 3. The topological polar surface area (TPSA) is 44.7 Å². The van der Waals surface area contributed by atoms with Crippen molar-refractivity contribution in [2.24, 2.45) is 0 Å². The summed E-state index contributed by atoms with van der Waals surface area (Å²) in [7, 11) is 1.55. The molecule has 1 aromatic rings. The third-order valence-electron chi connectivity index (χ3n) is 4.32. The van der Waals surface area contributed by atoms with Gasteiger partial charge in [-0.25, -0.2) is 0 Å². The molecule has 2 N–H and O–H groups in total. The molecule has 0 spiro atoms. The van der Waals surface area contributed by atoms with Crippen LogP contribution >= 0.6 is 0 Å². The Morgan fingerprint density at radius 2 is 1.96 bits per heavy atom. The molecule has 0 radical (unpaired) electrons. The first-order valence-corrected chi connectivity index (χ1v) is 8.18. The highest BCUT2D eigenvalue weighted by Crippen LogP contribution is 2.31. The smallest absolute Gasteiger partial charge is 0.389 e. The summed E-state index contributed by atoms with van der Waals surface area (Å²) in [5.74, 6) is 0. The van der Waals surface area contributed by atoms with E-state index in [0.29, 0.717) is 13.2 Å². The van der Waals surface area contributed by atoms with E-state index in [1.54, 1.807) is 13.2 Å². The van der Waals surface area contributed by atoms with Crippen LogP contribution in [0.2, 0.25) is 0 Å². The maximum absolute atomic E-state index is 13.0. The van der Waals surface area contributed by atoms with E-state index in [9.17, 15) is 18.3 Å². The lowest BCUT2D eigenvalue weighted by Gasteiger charge is -2.33. The summed E-state index contributed by atoms with van der Waals surface area (Å²) in [5.41, 5.74) is -0.291. The summed E-state index contributed by atoms with van der Waals surface area (Å²) >= 11 is 0. The summed E-state index contributed by atoms with van der Waals surface area (Å²) in [6.07, 6.45) is -3.11. The average molecular weight is 346 g/mol. The lowest BCUT2D eigenvalue weighted by molar-refractivity contribution is -0.138. The minimum absolute atomic E-state index is 0.196. The van der Waals surface area contributed by atoms with E-state index in [0.717, 1.165) is 32.0 Å². The molecule has 136 valence electrons. The molecule has 7 heteroatoms. The number of aliphatic hydroxyl groups excluding tert-OH is 1. The van der Waals surface area contributed by atoms with Crippen LogP contribution in [0, 0.1) is 0 Å². The van der Waals surface area contributed by atoms with Crippen LogP contribution in [0.3, 0.4) is 0 Å². The normalized spacial score (nSPS) is 18.7. The molecule has 1 aliphatic heterocycles. The van der Waals surface area contributed by atoms with Crippen molar-refractivity contribution in [3.63, 3.8) is 0 Å². The number of likely N-dealkylation sites (tertiary alicyclic amines) is 1. The molecule has 1 aliphatic rings. The number of hydrogen-bond donors (Lipinski definition) is 2. The lowest BCUT2D eigenvalue weighted by Crippen LogP contribution is -2.45. The number of methoxy groups -OCH3 is 1. The molecule has 1 heterocycles. The van der Waals surface area contributed by atoms with Crippen LogP contribution in [-0.4, -0.2) is 55.5 Å². The highest BCUT2D eigenvalue weighted by molar-refractivity contribution is 5.29. The molecule has 1 fully saturated rings. The first-order chi connectivity index (χ1) is 11.4. The molecule has 2 rings (SSSR count). The van der Waals surface area contributed by atoms with Gasteiger partial charge in [0.1, 0.15) is 0 Å². The zero-order valence-corrected chi connectivity index (χ0v) is 13.9. The Bertz CT molecular complexity index is 503. The fraction of sp³-hybridized carbons (Fsp3) is 0.647. The minimum atomic E-state index is -4.32. The second-order valence-corrected chi connectivity index (χ2v) is 6.22. The Balaban J connectivity index is 1.79. The second kappa shape index (κ2) is 8.80. The number of benzene rings is 1. The number of β-amino-alcohol motifs (C(OH)–C–C–N with tert-alkyl or cyclic N) is 1. The monoisotopic (exact) mass is 346 g/mol. The van der Waals surface area contributed by atoms with Crippen LogP contribution in [-0.2, 0) is 17.5 Å². The molecule has 0 unspecified atom stereocenters. The molecule has 0 bridgehead atoms. The lowest BCUT2D eigenvalue weighted by atomic mass is 10.0. The van der Waals surface area contributed by atoms with Crippen molar-refractivity contribution in [3.05, 3.63) is 35.4 Å². The Kier molecular flexibility index (Phi) is 7.03. The zero-order valence-electron chi connectivity index (χ0n) is 13.9. The molecule has 24 heavy (non-hydrogen) atoms. The van der Waals surface area contributed by atoms with Crippen molar-refractivity contribution < 1.29 is 23.0 Å². The average Bonchev–Trinajstić information content (AvgIpc) is 2.54. The predicted octanol–water partition coefficient (Wildman–Crippen LogP) is 2.27. The second-order valence-electron chi connectivity index (χ2n) is 6.22. The zero-order chi connectivity index (χ0) is 17.6. The van der Waals surface area contributed by atoms with E-state index in [1.807, 2.05) is 0 Å². The van der Waals surface area contributed by atoms with Crippen LogP contribution in [0.1, 0.15) is 24.0 Å². The molecule has 0 saturated carbocycles. The van der Waals surface area contributed by atoms with Crippen LogP contribution < -0.4 is 5.32 Å². The third kappa shape index (κ3) is 5.73. The highest BCUT2D eigenvalue weighted by atomic mass is 19.4. The number of nitrogens with one attached hydrogen (secondary N) is 1. The van der Waals surface area contributed by atoms with E-state index < -0.39 is 17.8 Å². The molecule has 1 saturated heterocycles. The Labute approximate surface area is 140 Å². The van der Waals surface area contributed by atoms with Gasteiger partial charge in [0.2, 0.25) is 0 Å². The summed E-state index contributed by atoms with van der Waals surface area (Å²) in [6, 6.07) is 5.88. The quantitative estimate of drug-likeness (QED) is 0.795. The molecular weight excluding hydrogens is 321 g/mol. The Morgan fingerprint density at radius 3 is 2.58 bits per heavy atom. The number of ether oxygens (including phenoxy) is 1. The van der Waals surface area contributed by atoms with Gasteiger partial charge in [-0.1, -0.05) is 18.2 Å². The molecule has 4 nitrogen and oxygen atoms in total. The Morgan fingerprint density at radius 1 is 1.29 bits per heavy atom. The fourth-order valence-corrected chi connectivity index (χ4v) is 3.07. The van der Waals surface area contributed by atoms with Gasteiger partial charge >= 0.3 is 6.18 Å². The first kappa shape index (κ1) is 19.2. The van der Waals surface area contributed by atoms with Crippen molar-refractivity contribution in [1.82, 2.24) is 10.2 Å². The maximum atomic E-state index is 13.0. The summed E-state index contributed by atoms with van der Waals surface area (Å²) in [5, 5.41) is 13.0. The number of rotatable bonds is 7. The summed E-state index contributed by atoms with van der Waals surface area (Å²) < 4.78 is 43.9. The predicted molar refractivity (Wildman–Crippen MR) is 85.6 cm³/mol. The van der Waals surface area contributed by atoms with E-state index in [1.165, 1.54) is 12.1 Å². The van der Waals surface area contributed by atoms with Gasteiger partial charge in [-0.3, -0.25) is 0 Å². The number of hydrogen-bond acceptors (Lipinski definition) is 4. The highest BCUT2D eigenvalue weighted by Gasteiger charge is 2.33. The fourth-order valence-electron chi connectivity index (χ4n) is 3.07. The minimum Gasteiger partial charge on any atom is -0.389 e. The van der Waals surface area contributed by atoms with E-state index in [4.69, 9.17) is 4.74 Å². The number of piperidine rings is 1. The number of nitrogens with zero attached hydrogens (tertiary/aromatic N) is 1. The van der Waals surface area contributed by atoms with Crippen molar-refractivity contribution >= 4 is 0 Å². The number of aliphatic hydroxyl groups is 1. The maximum Gasteiger partial charge on any atom is 0.416 e. The van der Waals surface area contributed by atoms with Crippen molar-refractivity contribution in [3.8, 4) is 0 Å². The van der Waals surface area contributed by atoms with Crippen LogP contribution in [0.25, 0.3) is 0 Å². The van der Waals surface area contributed by atoms with Gasteiger partial charge in [0, 0.05) is 26.2 Å². The van der Waals surface area contributed by atoms with Gasteiger partial charge < -0.3 is 20.1 Å². The van der Waals surface area contributed by atoms with Crippen molar-refractivity contribution in [2.45, 2.75) is 37.7 Å². The van der Waals surface area contributed by atoms with E-state index in [2.05, 4.69) is 10.2 Å². The molecule has 0 aliphatic carbocycles. The molecule has 1 aromatic carbocycles. The SMILES string of the molecule is COC[C@@H](O)CN1CCC(NCc2ccccc2C(F)(F)F)CC1. The van der Waals surface area contributed by atoms with Gasteiger partial charge in [0.15, 0.2) is 0 Å². The van der Waals surface area contributed by atoms with E-state index >= 15 is 0 Å². The van der Waals surface area contributed by atoms with Gasteiger partial charge in [-0.15, -0.1) is 0 Å². The van der Waals surface area contributed by atoms with Gasteiger partial charge in [0.25, 0.3) is 0 Å². The Hall–Kier alpha value is -1.15. The number of halogens is 3. The molecular formula is C17H25F3N2O2. The van der Waals surface area contributed by atoms with Gasteiger partial charge in [-0.05, 0) is 37.6 Å². The van der Waals surface area contributed by atoms with Crippen LogP contribution in [0.15, 0.2) is 24.3 Å². The van der Waals surface area contributed by atoms with Crippen LogP contribution in [0.4, 0.5) is 13.2 Å². The van der Waals surface area contributed by atoms with E-state index in [-0.39, 0.29) is 18.2 Å². The largest absolute Gasteiger partial charge is 0.416 e. The van der Waals surface area contributed by atoms with Gasteiger partial charge in [0.05, 0.1) is 18.3 Å². The summed E-state index contributed by atoms with van der Waals surface area (Å²) in [4.78, 5) is 2.16. The molecule has 0 aromatic heterocycles. The third-order valence-corrected chi connectivity index (χ3v) is 4.32. The van der Waals surface area contributed by atoms with Crippen LogP contribution in [0.5, 0.6) is 0 Å². The standard InChI is InChI=1S/C17H25F3N2O2/c1-24-12-15(23)11-22-8-6-14(7-9-22)21-10-13-4-2-3-5-16(13)17(18,19)20/h2-5,14-15,21,23H,6-12H2,1H3/t15-/m0/s1. The van der Waals surface area contributed by atoms with Crippen molar-refractivity contribution in [2.75, 3.05) is 33.4 Å². The molecule has 0 amide bonds.